The molecule has 5 aliphatic carbocycles. The third-order valence-electron chi connectivity index (χ3n) is 15.3. The molecule has 8 heteroatoms. The van der Waals surface area contributed by atoms with E-state index in [0.717, 1.165) is 32.4 Å². The van der Waals surface area contributed by atoms with Crippen LogP contribution >= 0.6 is 0 Å². The number of hydrogen-bond donors (Lipinski definition) is 3. The van der Waals surface area contributed by atoms with Crippen LogP contribution in [0.25, 0.3) is 0 Å². The molecule has 7 fully saturated rings. The third-order valence-corrected chi connectivity index (χ3v) is 15.3. The number of ether oxygens (including phenoxy) is 4. The molecule has 7 aliphatic rings. The highest BCUT2D eigenvalue weighted by atomic mass is 16.7. The van der Waals surface area contributed by atoms with Crippen LogP contribution < -0.4 is 5.32 Å². The Morgan fingerprint density at radius 1 is 1.05 bits per heavy atom. The number of aliphatic hydroxyl groups is 2. The van der Waals surface area contributed by atoms with Gasteiger partial charge in [-0.3, -0.25) is 4.79 Å². The summed E-state index contributed by atoms with van der Waals surface area (Å²) in [5.74, 6) is 1.16. The van der Waals surface area contributed by atoms with Crippen molar-refractivity contribution in [2.75, 3.05) is 19.7 Å². The van der Waals surface area contributed by atoms with Crippen LogP contribution in [-0.2, 0) is 23.7 Å². The molecule has 2 heterocycles. The van der Waals surface area contributed by atoms with Gasteiger partial charge >= 0.3 is 5.97 Å². The van der Waals surface area contributed by atoms with Gasteiger partial charge in [-0.2, -0.15) is 0 Å². The molecule has 0 aromatic heterocycles. The summed E-state index contributed by atoms with van der Waals surface area (Å²) in [6.45, 7) is 19.2. The summed E-state index contributed by atoms with van der Waals surface area (Å²) in [7, 11) is 0. The summed E-state index contributed by atoms with van der Waals surface area (Å²) in [6, 6.07) is 0. The molecule has 0 aromatic carbocycles. The number of carbonyl (C=O) groups excluding carboxylic acids is 1. The van der Waals surface area contributed by atoms with Crippen LogP contribution in [0.3, 0.4) is 0 Å². The topological polar surface area (TPSA) is 106 Å². The normalized spacial score (nSPS) is 53.3. The highest BCUT2D eigenvalue weighted by Gasteiger charge is 2.84. The molecule has 0 radical (unpaired) electrons. The number of hydrogen-bond acceptors (Lipinski definition) is 8. The molecule has 2 spiro atoms. The molecular formula is C36H59NO7. The zero-order chi connectivity index (χ0) is 31.7. The van der Waals surface area contributed by atoms with E-state index in [0.29, 0.717) is 30.3 Å². The summed E-state index contributed by atoms with van der Waals surface area (Å²) < 4.78 is 25.2. The number of fused-ring (bicyclic) bond motifs is 4. The molecule has 250 valence electrons. The quantitative estimate of drug-likeness (QED) is 0.377. The van der Waals surface area contributed by atoms with E-state index in [2.05, 4.69) is 39.9 Å². The van der Waals surface area contributed by atoms with E-state index in [1.165, 1.54) is 32.6 Å². The smallest absolute Gasteiger partial charge is 0.303 e. The lowest BCUT2D eigenvalue weighted by atomic mass is 9.41. The van der Waals surface area contributed by atoms with Crippen LogP contribution in [-0.4, -0.2) is 78.3 Å². The first-order valence-corrected chi connectivity index (χ1v) is 17.7. The molecule has 3 N–H and O–H groups in total. The number of morpholine rings is 1. The maximum Gasteiger partial charge on any atom is 0.303 e. The number of rotatable bonds is 5. The lowest BCUT2D eigenvalue weighted by Gasteiger charge is -2.64. The summed E-state index contributed by atoms with van der Waals surface area (Å²) >= 11 is 0. The minimum Gasteiger partial charge on any atom is -0.457 e. The Morgan fingerprint density at radius 2 is 1.75 bits per heavy atom. The summed E-state index contributed by atoms with van der Waals surface area (Å²) in [6.07, 6.45) is 6.87. The van der Waals surface area contributed by atoms with E-state index >= 15 is 0 Å². The second kappa shape index (κ2) is 10.1. The van der Waals surface area contributed by atoms with E-state index in [1.54, 1.807) is 13.8 Å². The van der Waals surface area contributed by atoms with Gasteiger partial charge in [-0.1, -0.05) is 34.6 Å². The zero-order valence-electron chi connectivity index (χ0n) is 28.5. The van der Waals surface area contributed by atoms with Crippen molar-refractivity contribution in [2.45, 2.75) is 149 Å². The molecule has 0 bridgehead atoms. The largest absolute Gasteiger partial charge is 0.457 e. The van der Waals surface area contributed by atoms with Crippen molar-refractivity contribution in [2.24, 2.45) is 50.7 Å². The number of carbonyl (C=O) groups is 1. The van der Waals surface area contributed by atoms with E-state index in [-0.39, 0.29) is 52.0 Å². The Labute approximate surface area is 264 Å². The molecule has 2 saturated heterocycles. The van der Waals surface area contributed by atoms with Gasteiger partial charge in [-0.25, -0.2) is 0 Å². The molecule has 3 unspecified atom stereocenters. The van der Waals surface area contributed by atoms with Crippen LogP contribution in [0.5, 0.6) is 0 Å². The van der Waals surface area contributed by atoms with Gasteiger partial charge in [-0.15, -0.1) is 0 Å². The van der Waals surface area contributed by atoms with E-state index in [1.807, 2.05) is 0 Å². The molecule has 0 aromatic rings. The predicted octanol–water partition coefficient (Wildman–Crippen LogP) is 4.83. The maximum absolute atomic E-state index is 12.5. The second-order valence-corrected chi connectivity index (χ2v) is 17.9. The first kappa shape index (κ1) is 31.8. The summed E-state index contributed by atoms with van der Waals surface area (Å²) in [5.41, 5.74) is -0.862. The fraction of sp³-hybridized carbons (Fsp3) is 0.972. The van der Waals surface area contributed by atoms with Crippen molar-refractivity contribution in [1.82, 2.24) is 5.32 Å². The summed E-state index contributed by atoms with van der Waals surface area (Å²) in [4.78, 5) is 12.0. The Bertz CT molecular complexity index is 1150. The monoisotopic (exact) mass is 617 g/mol. The molecule has 44 heavy (non-hydrogen) atoms. The van der Waals surface area contributed by atoms with Gasteiger partial charge in [0, 0.05) is 25.4 Å². The average molecular weight is 618 g/mol. The van der Waals surface area contributed by atoms with Gasteiger partial charge in [0.2, 0.25) is 0 Å². The second-order valence-electron chi connectivity index (χ2n) is 17.9. The molecule has 8 nitrogen and oxygen atoms in total. The minimum atomic E-state index is -1.25. The van der Waals surface area contributed by atoms with Crippen LogP contribution in [0.15, 0.2) is 0 Å². The van der Waals surface area contributed by atoms with E-state index < -0.39 is 29.9 Å². The Hall–Kier alpha value is -0.770. The standard InChI is InChI=1S/C36H59NO7/c1-20-17-22(30(32(5,6)40)42-21(2)38)43-28-27(20)33(7)13-14-36-19-35(36)12-11-25(44-26-18-37-15-16-41-26)31(3,4)23(35)9-10-24(36)34(33,8)29(28)39/h20,22-30,37,39-40H,9-19H2,1-8H3/t20-,22?,23+,24?,25+,26+,27+,28?,29+,30+,33-,34-,35-,36+/m1/s1. The molecule has 0 amide bonds. The van der Waals surface area contributed by atoms with E-state index in [4.69, 9.17) is 18.9 Å². The minimum absolute atomic E-state index is 0.0409. The molecule has 14 atom stereocenters. The van der Waals surface area contributed by atoms with Gasteiger partial charge in [0.15, 0.2) is 12.4 Å². The molecular weight excluding hydrogens is 558 g/mol. The average Bonchev–Trinajstić information content (AvgIpc) is 3.58. The van der Waals surface area contributed by atoms with Gasteiger partial charge < -0.3 is 34.5 Å². The fourth-order valence-corrected chi connectivity index (χ4v) is 13.4. The van der Waals surface area contributed by atoms with Crippen molar-refractivity contribution in [3.8, 4) is 0 Å². The lowest BCUT2D eigenvalue weighted by molar-refractivity contribution is -0.237. The fourth-order valence-electron chi connectivity index (χ4n) is 13.4. The molecule has 7 rings (SSSR count). The van der Waals surface area contributed by atoms with Crippen molar-refractivity contribution < 1.29 is 34.0 Å². The highest BCUT2D eigenvalue weighted by molar-refractivity contribution is 5.66. The predicted molar refractivity (Wildman–Crippen MR) is 165 cm³/mol. The SMILES string of the molecule is CC(=O)O[C@@H](C1C[C@@H](C)[C@H]2C(O1)[C@H](O)[C@@]1(C)C3CC[C@H]4C(C)(C)[C@@H](O[C@H]5CNCCO5)CC[C@@]45C[C@@]35CC[C@]21C)C(C)(C)O. The van der Waals surface area contributed by atoms with Crippen LogP contribution in [0.1, 0.15) is 107 Å². The Kier molecular flexibility index (Phi) is 7.32. The van der Waals surface area contributed by atoms with Crippen molar-refractivity contribution >= 4 is 5.97 Å². The van der Waals surface area contributed by atoms with Crippen LogP contribution in [0.4, 0.5) is 0 Å². The van der Waals surface area contributed by atoms with Gasteiger partial charge in [0.25, 0.3) is 0 Å². The number of aliphatic hydroxyl groups excluding tert-OH is 1. The summed E-state index contributed by atoms with van der Waals surface area (Å²) in [5, 5.41) is 26.9. The number of esters is 1. The lowest BCUT2D eigenvalue weighted by Crippen LogP contribution is -2.60. The first-order chi connectivity index (χ1) is 20.5. The van der Waals surface area contributed by atoms with Crippen molar-refractivity contribution in [3.63, 3.8) is 0 Å². The van der Waals surface area contributed by atoms with Crippen LogP contribution in [0.2, 0.25) is 0 Å². The Balaban J connectivity index is 1.16. The van der Waals surface area contributed by atoms with Gasteiger partial charge in [-0.05, 0) is 111 Å². The Morgan fingerprint density at radius 3 is 2.41 bits per heavy atom. The highest BCUT2D eigenvalue weighted by Crippen LogP contribution is 2.89. The molecule has 5 saturated carbocycles. The van der Waals surface area contributed by atoms with Gasteiger partial charge in [0.1, 0.15) is 0 Å². The first-order valence-electron chi connectivity index (χ1n) is 17.7. The van der Waals surface area contributed by atoms with E-state index in [9.17, 15) is 15.0 Å². The zero-order valence-corrected chi connectivity index (χ0v) is 28.5. The van der Waals surface area contributed by atoms with Crippen molar-refractivity contribution in [1.29, 1.82) is 0 Å². The van der Waals surface area contributed by atoms with Crippen LogP contribution in [0, 0.1) is 50.7 Å². The van der Waals surface area contributed by atoms with Crippen molar-refractivity contribution in [3.05, 3.63) is 0 Å². The molecule has 2 aliphatic heterocycles. The maximum atomic E-state index is 12.5. The number of nitrogens with one attached hydrogen (secondary N) is 1. The van der Waals surface area contributed by atoms with Gasteiger partial charge in [0.05, 0.1) is 36.6 Å². The third kappa shape index (κ3) is 4.12.